The number of hydrogen-bond donors (Lipinski definition) is 1. The van der Waals surface area contributed by atoms with Gasteiger partial charge in [0.25, 0.3) is 5.56 Å². The number of nitrogens with one attached hydrogen (secondary N) is 1. The number of nitrogens with zero attached hydrogens (tertiary/aromatic N) is 2. The number of pyridine rings is 1. The smallest absolute Gasteiger partial charge is 0.328 e. The van der Waals surface area contributed by atoms with Crippen LogP contribution in [-0.2, 0) is 39.3 Å². The summed E-state index contributed by atoms with van der Waals surface area (Å²) in [6.45, 7) is 4.51. The van der Waals surface area contributed by atoms with Gasteiger partial charge < -0.3 is 13.9 Å². The van der Waals surface area contributed by atoms with Gasteiger partial charge in [-0.3, -0.25) is 14.3 Å². The summed E-state index contributed by atoms with van der Waals surface area (Å²) in [5.41, 5.74) is 2.10. The first kappa shape index (κ1) is 22.1. The summed E-state index contributed by atoms with van der Waals surface area (Å²) in [6.07, 6.45) is 5.31. The molecule has 0 spiro atoms. The third-order valence-corrected chi connectivity index (χ3v) is 4.47. The van der Waals surface area contributed by atoms with Gasteiger partial charge in [-0.25, -0.2) is 16.9 Å². The van der Waals surface area contributed by atoms with Crippen molar-refractivity contribution in [2.24, 2.45) is 0 Å². The Morgan fingerprint density at radius 3 is 2.63 bits per heavy atom. The molecule has 1 N–H and O–H groups in total. The van der Waals surface area contributed by atoms with E-state index in [0.717, 1.165) is 16.6 Å². The molecule has 0 fully saturated rings. The van der Waals surface area contributed by atoms with Crippen LogP contribution >= 0.6 is 0 Å². The molecule has 0 aliphatic rings. The average Bonchev–Trinajstić information content (AvgIpc) is 3.14. The third kappa shape index (κ3) is 4.91. The number of aromatic amines is 1. The SMILES string of the molecule is Cc1ccc(Oc2cc(C)cn3c[c-]cc23)c(OCCn2ccc(=O)[nH]c2=O)c1.[Y]. The van der Waals surface area contributed by atoms with Gasteiger partial charge >= 0.3 is 5.69 Å². The Bertz CT molecular complexity index is 1290. The Hall–Kier alpha value is -2.64. The van der Waals surface area contributed by atoms with Crippen molar-refractivity contribution in [3.63, 3.8) is 0 Å². The number of H-pyrrole nitrogens is 1. The second kappa shape index (κ2) is 9.45. The third-order valence-electron chi connectivity index (χ3n) is 4.47. The normalized spacial score (nSPS) is 10.6. The molecule has 30 heavy (non-hydrogen) atoms. The predicted octanol–water partition coefficient (Wildman–Crippen LogP) is 3.08. The minimum absolute atomic E-state index is 0. The van der Waals surface area contributed by atoms with Crippen LogP contribution in [0, 0.1) is 19.9 Å². The van der Waals surface area contributed by atoms with Crippen LogP contribution in [0.5, 0.6) is 17.2 Å². The van der Waals surface area contributed by atoms with E-state index in [-0.39, 0.29) is 39.3 Å². The van der Waals surface area contributed by atoms with Crippen LogP contribution in [0.4, 0.5) is 0 Å². The predicted molar refractivity (Wildman–Crippen MR) is 109 cm³/mol. The van der Waals surface area contributed by atoms with E-state index < -0.39 is 11.2 Å². The van der Waals surface area contributed by atoms with E-state index in [1.54, 1.807) is 0 Å². The second-order valence-corrected chi connectivity index (χ2v) is 6.82. The molecule has 4 aromatic rings. The summed E-state index contributed by atoms with van der Waals surface area (Å²) in [7, 11) is 0. The molecule has 151 valence electrons. The quantitative estimate of drug-likeness (QED) is 0.432. The van der Waals surface area contributed by atoms with Crippen molar-refractivity contribution in [1.29, 1.82) is 0 Å². The van der Waals surface area contributed by atoms with Crippen molar-refractivity contribution < 1.29 is 42.2 Å². The number of rotatable bonds is 6. The van der Waals surface area contributed by atoms with Gasteiger partial charge in [0.15, 0.2) is 11.5 Å². The summed E-state index contributed by atoms with van der Waals surface area (Å²) in [5.74, 6) is 1.87. The zero-order valence-corrected chi connectivity index (χ0v) is 19.6. The van der Waals surface area contributed by atoms with Gasteiger partial charge in [-0.2, -0.15) is 0 Å². The topological polar surface area (TPSA) is 77.7 Å². The Morgan fingerprint density at radius 1 is 1.03 bits per heavy atom. The van der Waals surface area contributed by atoms with E-state index >= 15 is 0 Å². The van der Waals surface area contributed by atoms with E-state index in [2.05, 4.69) is 11.1 Å². The minimum Gasteiger partial charge on any atom is -0.488 e. The van der Waals surface area contributed by atoms with Crippen LogP contribution in [0.1, 0.15) is 11.1 Å². The standard InChI is InChI=1S/C22H20N3O4.Y/c1-15-5-6-18(29-19-13-16(2)14-25-8-3-4-17(19)25)20(12-15)28-11-10-24-9-7-21(26)23-22(24)27;/h4-9,12-14H,10-11H2,1-2H3,(H,23,26,27);/q-1;. The molecule has 3 aromatic heterocycles. The molecule has 0 aliphatic carbocycles. The number of aromatic nitrogens is 3. The fourth-order valence-electron chi connectivity index (χ4n) is 3.07. The van der Waals surface area contributed by atoms with Crippen molar-refractivity contribution >= 4 is 5.52 Å². The molecule has 4 rings (SSSR count). The minimum atomic E-state index is -0.464. The summed E-state index contributed by atoms with van der Waals surface area (Å²) >= 11 is 0. The largest absolute Gasteiger partial charge is 0.488 e. The van der Waals surface area contributed by atoms with Crippen molar-refractivity contribution in [3.05, 3.63) is 93.0 Å². The number of fused-ring (bicyclic) bond motifs is 1. The molecular weight excluding hydrogens is 459 g/mol. The maximum atomic E-state index is 11.8. The molecule has 0 saturated heterocycles. The van der Waals surface area contributed by atoms with E-state index in [0.29, 0.717) is 23.8 Å². The maximum Gasteiger partial charge on any atom is 0.328 e. The molecule has 7 nitrogen and oxygen atoms in total. The summed E-state index contributed by atoms with van der Waals surface area (Å²) in [4.78, 5) is 25.2. The molecule has 0 amide bonds. The number of aryl methyl sites for hydroxylation is 2. The Balaban J connectivity index is 0.00000256. The molecule has 0 atom stereocenters. The number of hydrogen-bond acceptors (Lipinski definition) is 4. The van der Waals surface area contributed by atoms with Crippen LogP contribution in [0.25, 0.3) is 5.52 Å². The van der Waals surface area contributed by atoms with Gasteiger partial charge in [0.1, 0.15) is 6.61 Å². The molecule has 1 radical (unpaired) electrons. The fourth-order valence-corrected chi connectivity index (χ4v) is 3.07. The molecule has 3 heterocycles. The summed E-state index contributed by atoms with van der Waals surface area (Å²) < 4.78 is 15.4. The zero-order chi connectivity index (χ0) is 20.4. The molecule has 8 heteroatoms. The summed E-state index contributed by atoms with van der Waals surface area (Å²) in [5, 5.41) is 0. The first-order chi connectivity index (χ1) is 14.0. The number of benzene rings is 1. The molecule has 1 aromatic carbocycles. The van der Waals surface area contributed by atoms with Crippen LogP contribution in [-0.4, -0.2) is 20.6 Å². The maximum absolute atomic E-state index is 11.8. The summed E-state index contributed by atoms with van der Waals surface area (Å²) in [6, 6.07) is 13.9. The fraction of sp³-hybridized carbons (Fsp3) is 0.182. The van der Waals surface area contributed by atoms with Gasteiger partial charge in [0.2, 0.25) is 0 Å². The van der Waals surface area contributed by atoms with Gasteiger partial charge in [0, 0.05) is 45.0 Å². The zero-order valence-electron chi connectivity index (χ0n) is 16.7. The number of ether oxygens (including phenoxy) is 2. The first-order valence-corrected chi connectivity index (χ1v) is 9.19. The van der Waals surface area contributed by atoms with Crippen LogP contribution in [0.3, 0.4) is 0 Å². The van der Waals surface area contributed by atoms with Crippen molar-refractivity contribution in [2.45, 2.75) is 20.4 Å². The molecule has 0 aliphatic heterocycles. The molecule has 0 unspecified atom stereocenters. The van der Waals surface area contributed by atoms with Crippen LogP contribution in [0.15, 0.2) is 64.6 Å². The van der Waals surface area contributed by atoms with Gasteiger partial charge in [0.05, 0.1) is 12.3 Å². The average molecular weight is 479 g/mol. The van der Waals surface area contributed by atoms with Gasteiger partial charge in [-0.05, 0) is 49.4 Å². The van der Waals surface area contributed by atoms with Crippen LogP contribution in [0.2, 0.25) is 0 Å². The Labute approximate surface area is 198 Å². The van der Waals surface area contributed by atoms with Gasteiger partial charge in [-0.1, -0.05) is 11.6 Å². The van der Waals surface area contributed by atoms with Crippen molar-refractivity contribution in [3.8, 4) is 17.2 Å². The van der Waals surface area contributed by atoms with Crippen LogP contribution < -0.4 is 20.7 Å². The Morgan fingerprint density at radius 2 is 1.83 bits per heavy atom. The molecule has 0 saturated carbocycles. The first-order valence-electron chi connectivity index (χ1n) is 9.19. The second-order valence-electron chi connectivity index (χ2n) is 6.82. The van der Waals surface area contributed by atoms with Crippen molar-refractivity contribution in [2.75, 3.05) is 6.61 Å². The monoisotopic (exact) mass is 479 g/mol. The van der Waals surface area contributed by atoms with Crippen molar-refractivity contribution in [1.82, 2.24) is 14.0 Å². The van der Waals surface area contributed by atoms with E-state index in [1.165, 1.54) is 16.8 Å². The van der Waals surface area contributed by atoms with E-state index in [1.807, 2.05) is 61.0 Å². The Kier molecular flexibility index (Phi) is 6.95. The van der Waals surface area contributed by atoms with E-state index in [4.69, 9.17) is 9.47 Å². The van der Waals surface area contributed by atoms with Gasteiger partial charge in [-0.15, -0.1) is 6.20 Å². The molecule has 0 bridgehead atoms. The van der Waals surface area contributed by atoms with E-state index in [9.17, 15) is 9.59 Å². The molecular formula is C22H20N3O4Y-.